The molecule has 1 aromatic rings. The number of nitrogens with zero attached hydrogens (tertiary/aromatic N) is 2. The maximum atomic E-state index is 5.68. The summed E-state index contributed by atoms with van der Waals surface area (Å²) in [6, 6.07) is 0. The predicted molar refractivity (Wildman–Crippen MR) is 74.7 cm³/mol. The molecule has 1 unspecified atom stereocenters. The molecule has 1 atom stereocenters. The second-order valence-electron chi connectivity index (χ2n) is 5.60. The molecule has 0 aliphatic rings. The van der Waals surface area contributed by atoms with Crippen molar-refractivity contribution in [3.8, 4) is 0 Å². The lowest BCUT2D eigenvalue weighted by Crippen LogP contribution is -2.22. The molecule has 1 aromatic heterocycles. The van der Waals surface area contributed by atoms with E-state index in [0.717, 1.165) is 18.7 Å². The van der Waals surface area contributed by atoms with E-state index in [4.69, 9.17) is 4.42 Å². The normalized spacial score (nSPS) is 14.7. The molecule has 0 aliphatic heterocycles. The summed E-state index contributed by atoms with van der Waals surface area (Å²) in [5.74, 6) is 1.52. The van der Waals surface area contributed by atoms with Crippen LogP contribution in [0, 0.1) is 6.92 Å². The highest BCUT2D eigenvalue weighted by atomic mass is 16.4. The van der Waals surface area contributed by atoms with E-state index in [1.165, 1.54) is 38.5 Å². The molecular formula is C15H28N2O. The summed E-state index contributed by atoms with van der Waals surface area (Å²) < 4.78 is 5.68. The van der Waals surface area contributed by atoms with Crippen LogP contribution >= 0.6 is 0 Å². The molecule has 0 spiro atoms. The highest BCUT2D eigenvalue weighted by molar-refractivity contribution is 5.01. The third-order valence-electron chi connectivity index (χ3n) is 3.71. The Bertz CT molecular complexity index is 335. The van der Waals surface area contributed by atoms with Crippen LogP contribution in [0.4, 0.5) is 0 Å². The van der Waals surface area contributed by atoms with Gasteiger partial charge in [0, 0.05) is 12.3 Å². The molecule has 0 aliphatic carbocycles. The van der Waals surface area contributed by atoms with Crippen molar-refractivity contribution in [3.63, 3.8) is 0 Å². The molecule has 0 fully saturated rings. The molecule has 0 amide bonds. The van der Waals surface area contributed by atoms with Gasteiger partial charge in [-0.25, -0.2) is 0 Å². The minimum atomic E-state index is 0.0744. The summed E-state index contributed by atoms with van der Waals surface area (Å²) in [5.41, 5.74) is 0.0744. The van der Waals surface area contributed by atoms with Crippen molar-refractivity contribution in [2.45, 2.75) is 84.5 Å². The lowest BCUT2D eigenvalue weighted by molar-refractivity contribution is 0.285. The van der Waals surface area contributed by atoms with E-state index >= 15 is 0 Å². The Morgan fingerprint density at radius 3 is 2.17 bits per heavy atom. The molecule has 1 rings (SSSR count). The van der Waals surface area contributed by atoms with E-state index in [9.17, 15) is 0 Å². The van der Waals surface area contributed by atoms with Crippen molar-refractivity contribution in [2.75, 3.05) is 0 Å². The number of hydrogen-bond acceptors (Lipinski definition) is 3. The number of aryl methyl sites for hydroxylation is 1. The van der Waals surface area contributed by atoms with Crippen LogP contribution in [0.25, 0.3) is 0 Å². The molecule has 0 radical (unpaired) electrons. The quantitative estimate of drug-likeness (QED) is 0.593. The molecule has 0 N–H and O–H groups in total. The SMILES string of the molecule is CCCCCCC(C)(CCCC)c1nnc(C)o1. The summed E-state index contributed by atoms with van der Waals surface area (Å²) >= 11 is 0. The van der Waals surface area contributed by atoms with Gasteiger partial charge < -0.3 is 4.42 Å². The fourth-order valence-corrected chi connectivity index (χ4v) is 2.39. The second-order valence-corrected chi connectivity index (χ2v) is 5.60. The lowest BCUT2D eigenvalue weighted by Gasteiger charge is -2.25. The Balaban J connectivity index is 2.62. The van der Waals surface area contributed by atoms with Gasteiger partial charge in [-0.05, 0) is 12.8 Å². The maximum absolute atomic E-state index is 5.68. The summed E-state index contributed by atoms with van der Waals surface area (Å²) in [4.78, 5) is 0. The second kappa shape index (κ2) is 7.55. The predicted octanol–water partition coefficient (Wildman–Crippen LogP) is 4.80. The van der Waals surface area contributed by atoms with Crippen LogP contribution in [0.15, 0.2) is 4.42 Å². The van der Waals surface area contributed by atoms with Crippen LogP contribution < -0.4 is 0 Å². The molecular weight excluding hydrogens is 224 g/mol. The van der Waals surface area contributed by atoms with Crippen LogP contribution in [-0.2, 0) is 5.41 Å². The van der Waals surface area contributed by atoms with Gasteiger partial charge in [-0.15, -0.1) is 10.2 Å². The minimum Gasteiger partial charge on any atom is -0.425 e. The highest BCUT2D eigenvalue weighted by Gasteiger charge is 2.31. The Morgan fingerprint density at radius 1 is 0.944 bits per heavy atom. The van der Waals surface area contributed by atoms with Gasteiger partial charge in [0.05, 0.1) is 0 Å². The van der Waals surface area contributed by atoms with Gasteiger partial charge in [0.15, 0.2) is 0 Å². The largest absolute Gasteiger partial charge is 0.425 e. The first kappa shape index (κ1) is 15.2. The zero-order valence-electron chi connectivity index (χ0n) is 12.5. The molecule has 0 bridgehead atoms. The molecule has 0 saturated carbocycles. The van der Waals surface area contributed by atoms with Gasteiger partial charge in [-0.3, -0.25) is 0 Å². The van der Waals surface area contributed by atoms with Crippen molar-refractivity contribution in [1.82, 2.24) is 10.2 Å². The zero-order valence-corrected chi connectivity index (χ0v) is 12.5. The molecule has 18 heavy (non-hydrogen) atoms. The van der Waals surface area contributed by atoms with Gasteiger partial charge in [-0.1, -0.05) is 59.3 Å². The van der Waals surface area contributed by atoms with Gasteiger partial charge >= 0.3 is 0 Å². The van der Waals surface area contributed by atoms with Crippen molar-refractivity contribution in [1.29, 1.82) is 0 Å². The van der Waals surface area contributed by atoms with E-state index in [-0.39, 0.29) is 5.41 Å². The monoisotopic (exact) mass is 252 g/mol. The van der Waals surface area contributed by atoms with Crippen molar-refractivity contribution < 1.29 is 4.42 Å². The smallest absolute Gasteiger partial charge is 0.222 e. The fraction of sp³-hybridized carbons (Fsp3) is 0.867. The summed E-state index contributed by atoms with van der Waals surface area (Å²) in [6.07, 6.45) is 9.94. The fourth-order valence-electron chi connectivity index (χ4n) is 2.39. The molecule has 3 nitrogen and oxygen atoms in total. The van der Waals surface area contributed by atoms with E-state index in [1.54, 1.807) is 0 Å². The first-order chi connectivity index (χ1) is 8.62. The van der Waals surface area contributed by atoms with Crippen molar-refractivity contribution in [2.24, 2.45) is 0 Å². The van der Waals surface area contributed by atoms with Crippen LogP contribution in [0.1, 0.15) is 83.9 Å². The lowest BCUT2D eigenvalue weighted by atomic mass is 9.80. The standard InChI is InChI=1S/C15H28N2O/c1-5-7-9-10-12-15(4,11-8-6-2)14-17-16-13(3)18-14/h5-12H2,1-4H3. The van der Waals surface area contributed by atoms with Crippen molar-refractivity contribution in [3.05, 3.63) is 11.8 Å². The summed E-state index contributed by atoms with van der Waals surface area (Å²) in [6.45, 7) is 8.63. The Hall–Kier alpha value is -0.860. The average Bonchev–Trinajstić information content (AvgIpc) is 2.80. The summed E-state index contributed by atoms with van der Waals surface area (Å²) in [5, 5.41) is 8.24. The third-order valence-corrected chi connectivity index (χ3v) is 3.71. The minimum absolute atomic E-state index is 0.0744. The zero-order chi connectivity index (χ0) is 13.4. The van der Waals surface area contributed by atoms with E-state index in [0.29, 0.717) is 5.89 Å². The van der Waals surface area contributed by atoms with Crippen LogP contribution in [0.3, 0.4) is 0 Å². The number of unbranched alkanes of at least 4 members (excludes halogenated alkanes) is 4. The Kier molecular flexibility index (Phi) is 6.37. The van der Waals surface area contributed by atoms with Gasteiger partial charge in [0.2, 0.25) is 11.8 Å². The first-order valence-corrected chi connectivity index (χ1v) is 7.43. The van der Waals surface area contributed by atoms with E-state index in [2.05, 4.69) is 31.0 Å². The molecule has 104 valence electrons. The summed E-state index contributed by atoms with van der Waals surface area (Å²) in [7, 11) is 0. The molecule has 1 heterocycles. The molecule has 3 heteroatoms. The first-order valence-electron chi connectivity index (χ1n) is 7.43. The van der Waals surface area contributed by atoms with E-state index < -0.39 is 0 Å². The van der Waals surface area contributed by atoms with Crippen molar-refractivity contribution >= 4 is 0 Å². The molecule has 0 saturated heterocycles. The third kappa shape index (κ3) is 4.43. The van der Waals surface area contributed by atoms with Crippen LogP contribution in [-0.4, -0.2) is 10.2 Å². The maximum Gasteiger partial charge on any atom is 0.222 e. The van der Waals surface area contributed by atoms with Gasteiger partial charge in [0.1, 0.15) is 0 Å². The highest BCUT2D eigenvalue weighted by Crippen LogP contribution is 2.34. The van der Waals surface area contributed by atoms with Crippen LogP contribution in [0.5, 0.6) is 0 Å². The molecule has 0 aromatic carbocycles. The Labute approximate surface area is 111 Å². The number of rotatable bonds is 9. The number of hydrogen-bond donors (Lipinski definition) is 0. The van der Waals surface area contributed by atoms with Gasteiger partial charge in [0.25, 0.3) is 0 Å². The van der Waals surface area contributed by atoms with E-state index in [1.807, 2.05) is 6.92 Å². The average molecular weight is 252 g/mol. The topological polar surface area (TPSA) is 38.9 Å². The van der Waals surface area contributed by atoms with Gasteiger partial charge in [-0.2, -0.15) is 0 Å². The number of aromatic nitrogens is 2. The van der Waals surface area contributed by atoms with Crippen LogP contribution in [0.2, 0.25) is 0 Å². The Morgan fingerprint density at radius 2 is 1.61 bits per heavy atom.